The van der Waals surface area contributed by atoms with Gasteiger partial charge in [-0.3, -0.25) is 0 Å². The lowest BCUT2D eigenvalue weighted by molar-refractivity contribution is 0.0553. The van der Waals surface area contributed by atoms with Crippen LogP contribution in [-0.2, 0) is 0 Å². The summed E-state index contributed by atoms with van der Waals surface area (Å²) in [5.41, 5.74) is 8.38. The van der Waals surface area contributed by atoms with Crippen molar-refractivity contribution >= 4 is 69.4 Å². The molecule has 0 spiro atoms. The summed E-state index contributed by atoms with van der Waals surface area (Å²) in [5.74, 6) is 6.98. The second kappa shape index (κ2) is 25.7. The van der Waals surface area contributed by atoms with Gasteiger partial charge in [0.25, 0.3) is 0 Å². The first-order valence-electron chi connectivity index (χ1n) is 31.5. The van der Waals surface area contributed by atoms with Crippen LogP contribution in [0.25, 0.3) is 0 Å². The van der Waals surface area contributed by atoms with Gasteiger partial charge < -0.3 is 34.3 Å². The number of nitrogens with zero attached hydrogens (tertiary/aromatic N) is 7. The molecule has 15 aliphatic heterocycles. The van der Waals surface area contributed by atoms with Crippen LogP contribution in [0.1, 0.15) is 65.2 Å². The van der Waals surface area contributed by atoms with E-state index in [0.717, 1.165) is 67.0 Å². The predicted octanol–water partition coefficient (Wildman–Crippen LogP) is 16.4. The van der Waals surface area contributed by atoms with Gasteiger partial charge in [-0.2, -0.15) is 0 Å². The number of fused-ring (bicyclic) bond motifs is 18. The van der Waals surface area contributed by atoms with Gasteiger partial charge in [0.15, 0.2) is 0 Å². The average molecular weight is 1130 g/mol. The standard InChI is InChI=1S/3C20H22N2S.C9H15N.C2H6/c3*1-3-7-19-17(5-1)22(18-6-2-4-8-20(18)23-19)14-16-13-21-11-9-15(16)10-12-21;1-2-8-7-10-5-3-9(8)4-6-10;1-2/h3*1-8,15-16H,9-14H2;2,8-9H,1,3-7H2;1-2H3. The lowest BCUT2D eigenvalue weighted by atomic mass is 9.78. The molecule has 81 heavy (non-hydrogen) atoms. The minimum atomic E-state index is 0.807. The summed E-state index contributed by atoms with van der Waals surface area (Å²) in [6.07, 6.45) is 13.4. The highest BCUT2D eigenvalue weighted by Crippen LogP contribution is 2.52. The van der Waals surface area contributed by atoms with E-state index in [0.29, 0.717) is 0 Å². The Labute approximate surface area is 498 Å². The molecule has 4 atom stereocenters. The van der Waals surface area contributed by atoms with Crippen molar-refractivity contribution in [3.05, 3.63) is 158 Å². The van der Waals surface area contributed by atoms with Crippen LogP contribution < -0.4 is 14.7 Å². The largest absolute Gasteiger partial charge is 0.339 e. The number of para-hydroxylation sites is 6. The average Bonchev–Trinajstić information content (AvgIpc) is 3.63. The van der Waals surface area contributed by atoms with Gasteiger partial charge in [-0.05, 0) is 224 Å². The van der Waals surface area contributed by atoms with Crippen molar-refractivity contribution in [3.8, 4) is 0 Å². The highest BCUT2D eigenvalue weighted by Gasteiger charge is 2.40. The zero-order chi connectivity index (χ0) is 54.7. The third-order valence-corrected chi connectivity index (χ3v) is 23.6. The van der Waals surface area contributed by atoms with E-state index in [1.807, 2.05) is 49.1 Å². The maximum absolute atomic E-state index is 3.88. The molecule has 15 aliphatic rings. The number of rotatable bonds is 7. The van der Waals surface area contributed by atoms with Crippen molar-refractivity contribution < 1.29 is 0 Å². The van der Waals surface area contributed by atoms with Crippen molar-refractivity contribution in [2.24, 2.45) is 47.3 Å². The Kier molecular flexibility index (Phi) is 17.6. The molecule has 0 saturated carbocycles. The Hall–Kier alpha value is -4.65. The van der Waals surface area contributed by atoms with Gasteiger partial charge in [-0.15, -0.1) is 6.58 Å². The summed E-state index contributed by atoms with van der Waals surface area (Å²) in [7, 11) is 0. The minimum Gasteiger partial charge on any atom is -0.339 e. The van der Waals surface area contributed by atoms with Crippen LogP contribution in [-0.4, -0.2) is 118 Å². The third kappa shape index (κ3) is 12.1. The van der Waals surface area contributed by atoms with Crippen molar-refractivity contribution in [1.29, 1.82) is 0 Å². The summed E-state index contributed by atoms with van der Waals surface area (Å²) in [4.78, 5) is 26.7. The number of hydrogen-bond donors (Lipinski definition) is 0. The lowest BCUT2D eigenvalue weighted by Gasteiger charge is -2.47. The highest BCUT2D eigenvalue weighted by atomic mass is 32.2. The van der Waals surface area contributed by atoms with Gasteiger partial charge in [-0.1, -0.05) is 128 Å². The Morgan fingerprint density at radius 1 is 0.333 bits per heavy atom. The van der Waals surface area contributed by atoms with Crippen LogP contribution in [0.5, 0.6) is 0 Å². The van der Waals surface area contributed by atoms with Gasteiger partial charge in [0, 0.05) is 75.2 Å². The molecule has 8 bridgehead atoms. The SMILES string of the molecule is C=CC1CN2CCC1CC2.CC.c1ccc2c(c1)Sc1ccccc1N2CC1CN2CCC1CC2.c1ccc2c(c1)Sc1ccccc1N2CC1CN2CCC1CC2.c1ccc2c(c1)Sc1ccccc1N2CC1CN2CCC1CC2. The summed E-state index contributed by atoms with van der Waals surface area (Å²) in [6.45, 7) is 27.1. The van der Waals surface area contributed by atoms with E-state index in [4.69, 9.17) is 0 Å². The Balaban J connectivity index is 0.000000104. The number of piperidine rings is 12. The quantitative estimate of drug-likeness (QED) is 0.144. The molecule has 7 nitrogen and oxygen atoms in total. The Morgan fingerprint density at radius 3 is 0.741 bits per heavy atom. The normalized spacial score (nSPS) is 29.8. The van der Waals surface area contributed by atoms with Gasteiger partial charge in [0.2, 0.25) is 0 Å². The maximum atomic E-state index is 3.88. The van der Waals surface area contributed by atoms with Crippen LogP contribution in [0.4, 0.5) is 34.1 Å². The zero-order valence-corrected chi connectivity index (χ0v) is 50.8. The molecule has 12 saturated heterocycles. The molecule has 0 aliphatic carbocycles. The molecule has 21 rings (SSSR count). The molecule has 0 aromatic heterocycles. The van der Waals surface area contributed by atoms with E-state index in [1.165, 1.54) is 193 Å². The maximum Gasteiger partial charge on any atom is 0.0552 e. The lowest BCUT2D eigenvalue weighted by Crippen LogP contribution is -2.50. The zero-order valence-electron chi connectivity index (χ0n) is 48.4. The fraction of sp³-hybridized carbons (Fsp3) is 0.465. The molecule has 0 amide bonds. The molecule has 0 N–H and O–H groups in total. The first-order valence-corrected chi connectivity index (χ1v) is 33.9. The molecule has 6 aromatic carbocycles. The van der Waals surface area contributed by atoms with E-state index in [2.05, 4.69) is 193 Å². The Morgan fingerprint density at radius 2 is 0.556 bits per heavy atom. The van der Waals surface area contributed by atoms with Gasteiger partial charge >= 0.3 is 0 Å². The molecule has 0 radical (unpaired) electrons. The van der Waals surface area contributed by atoms with E-state index in [-0.39, 0.29) is 0 Å². The monoisotopic (exact) mass is 1130 g/mol. The molecular formula is C71H87N7S3. The number of benzene rings is 6. The summed E-state index contributed by atoms with van der Waals surface area (Å²) >= 11 is 5.73. The van der Waals surface area contributed by atoms with E-state index >= 15 is 0 Å². The first kappa shape index (κ1) is 55.5. The van der Waals surface area contributed by atoms with E-state index < -0.39 is 0 Å². The van der Waals surface area contributed by atoms with Gasteiger partial charge in [-0.25, -0.2) is 0 Å². The van der Waals surface area contributed by atoms with Crippen molar-refractivity contribution in [2.45, 2.75) is 94.6 Å². The molecule has 6 aromatic rings. The molecular weight excluding hydrogens is 1050 g/mol. The molecule has 424 valence electrons. The summed E-state index contributed by atoms with van der Waals surface area (Å²) < 4.78 is 0. The van der Waals surface area contributed by atoms with Crippen LogP contribution in [0.2, 0.25) is 0 Å². The summed E-state index contributed by atoms with van der Waals surface area (Å²) in [5, 5.41) is 0. The minimum absolute atomic E-state index is 0.807. The third-order valence-electron chi connectivity index (χ3n) is 20.2. The van der Waals surface area contributed by atoms with Crippen molar-refractivity contribution in [3.63, 3.8) is 0 Å². The topological polar surface area (TPSA) is 22.7 Å². The molecule has 4 unspecified atom stereocenters. The fourth-order valence-electron chi connectivity index (χ4n) is 15.8. The smallest absolute Gasteiger partial charge is 0.0552 e. The van der Waals surface area contributed by atoms with Crippen LogP contribution in [0.3, 0.4) is 0 Å². The van der Waals surface area contributed by atoms with Crippen LogP contribution in [0, 0.1) is 47.3 Å². The first-order chi connectivity index (χ1) is 40.0. The van der Waals surface area contributed by atoms with Crippen molar-refractivity contribution in [2.75, 3.05) is 113 Å². The highest BCUT2D eigenvalue weighted by molar-refractivity contribution is 8.00. The Bertz CT molecular complexity index is 2630. The van der Waals surface area contributed by atoms with Crippen LogP contribution in [0.15, 0.2) is 188 Å². The van der Waals surface area contributed by atoms with Gasteiger partial charge in [0.05, 0.1) is 34.1 Å². The summed E-state index contributed by atoms with van der Waals surface area (Å²) in [6, 6.07) is 53.3. The molecule has 10 heteroatoms. The molecule has 15 heterocycles. The van der Waals surface area contributed by atoms with E-state index in [9.17, 15) is 0 Å². The van der Waals surface area contributed by atoms with Crippen LogP contribution >= 0.6 is 35.3 Å². The number of hydrogen-bond acceptors (Lipinski definition) is 10. The predicted molar refractivity (Wildman–Crippen MR) is 344 cm³/mol. The number of anilines is 6. The molecule has 12 fully saturated rings. The second-order valence-electron chi connectivity index (χ2n) is 24.7. The second-order valence-corrected chi connectivity index (χ2v) is 27.9. The fourth-order valence-corrected chi connectivity index (χ4v) is 19.1. The van der Waals surface area contributed by atoms with E-state index in [1.54, 1.807) is 0 Å². The van der Waals surface area contributed by atoms with Gasteiger partial charge in [0.1, 0.15) is 0 Å². The van der Waals surface area contributed by atoms with Crippen molar-refractivity contribution in [1.82, 2.24) is 19.6 Å².